The van der Waals surface area contributed by atoms with Crippen LogP contribution in [0, 0.1) is 6.92 Å². The Morgan fingerprint density at radius 2 is 1.82 bits per heavy atom. The quantitative estimate of drug-likeness (QED) is 0.747. The standard InChI is InChI=1S/C12H16N2O3/c1-9-2-4-10(5-3-9)6-14(7-11(13)15)8-12(16)17/h2-5H,6-8H2,1H3,(H2,13,15)(H,16,17). The molecule has 0 unspecified atom stereocenters. The van der Waals surface area contributed by atoms with Gasteiger partial charge in [0.1, 0.15) is 0 Å². The van der Waals surface area contributed by atoms with E-state index in [0.717, 1.165) is 11.1 Å². The maximum absolute atomic E-state index is 10.8. The Bertz CT molecular complexity index is 385. The summed E-state index contributed by atoms with van der Waals surface area (Å²) >= 11 is 0. The van der Waals surface area contributed by atoms with Gasteiger partial charge in [-0.05, 0) is 12.5 Å². The third-order valence-corrected chi connectivity index (χ3v) is 2.27. The Balaban J connectivity index is 2.67. The van der Waals surface area contributed by atoms with Crippen molar-refractivity contribution in [3.8, 4) is 0 Å². The summed E-state index contributed by atoms with van der Waals surface area (Å²) in [7, 11) is 0. The minimum absolute atomic E-state index is 0.0554. The lowest BCUT2D eigenvalue weighted by molar-refractivity contribution is -0.138. The first kappa shape index (κ1) is 13.2. The molecule has 5 heteroatoms. The SMILES string of the molecule is Cc1ccc(CN(CC(N)=O)CC(=O)O)cc1. The number of rotatable bonds is 6. The minimum Gasteiger partial charge on any atom is -0.480 e. The third-order valence-electron chi connectivity index (χ3n) is 2.27. The highest BCUT2D eigenvalue weighted by Crippen LogP contribution is 2.06. The van der Waals surface area contributed by atoms with Gasteiger partial charge in [-0.1, -0.05) is 29.8 Å². The fourth-order valence-corrected chi connectivity index (χ4v) is 1.53. The van der Waals surface area contributed by atoms with E-state index in [-0.39, 0.29) is 13.1 Å². The molecule has 1 aromatic carbocycles. The van der Waals surface area contributed by atoms with Gasteiger partial charge in [-0.15, -0.1) is 0 Å². The van der Waals surface area contributed by atoms with E-state index in [9.17, 15) is 9.59 Å². The van der Waals surface area contributed by atoms with E-state index in [4.69, 9.17) is 10.8 Å². The Morgan fingerprint density at radius 1 is 1.24 bits per heavy atom. The smallest absolute Gasteiger partial charge is 0.317 e. The molecule has 0 atom stereocenters. The molecule has 1 aromatic rings. The predicted molar refractivity (Wildman–Crippen MR) is 63.3 cm³/mol. The molecule has 0 bridgehead atoms. The highest BCUT2D eigenvalue weighted by molar-refractivity contribution is 5.77. The largest absolute Gasteiger partial charge is 0.480 e. The van der Waals surface area contributed by atoms with Crippen LogP contribution in [0.5, 0.6) is 0 Å². The van der Waals surface area contributed by atoms with Gasteiger partial charge < -0.3 is 10.8 Å². The molecule has 0 heterocycles. The van der Waals surface area contributed by atoms with Gasteiger partial charge in [0.25, 0.3) is 0 Å². The number of carboxylic acids is 1. The zero-order chi connectivity index (χ0) is 12.8. The van der Waals surface area contributed by atoms with Crippen molar-refractivity contribution < 1.29 is 14.7 Å². The molecule has 0 aromatic heterocycles. The second-order valence-corrected chi connectivity index (χ2v) is 3.99. The van der Waals surface area contributed by atoms with Crippen LogP contribution in [0.15, 0.2) is 24.3 Å². The predicted octanol–water partition coefficient (Wildman–Crippen LogP) is 0.367. The number of hydrogen-bond donors (Lipinski definition) is 2. The van der Waals surface area contributed by atoms with E-state index in [0.29, 0.717) is 6.54 Å². The molecule has 1 rings (SSSR count). The van der Waals surface area contributed by atoms with Crippen molar-refractivity contribution in [2.45, 2.75) is 13.5 Å². The van der Waals surface area contributed by atoms with Gasteiger partial charge in [0.05, 0.1) is 13.1 Å². The maximum atomic E-state index is 10.8. The van der Waals surface area contributed by atoms with Crippen molar-refractivity contribution >= 4 is 11.9 Å². The van der Waals surface area contributed by atoms with Gasteiger partial charge in [0.15, 0.2) is 0 Å². The number of nitrogens with two attached hydrogens (primary N) is 1. The van der Waals surface area contributed by atoms with Crippen LogP contribution in [0.25, 0.3) is 0 Å². The van der Waals surface area contributed by atoms with E-state index >= 15 is 0 Å². The van der Waals surface area contributed by atoms with Crippen molar-refractivity contribution in [2.24, 2.45) is 5.73 Å². The van der Waals surface area contributed by atoms with Crippen LogP contribution in [0.4, 0.5) is 0 Å². The Hall–Kier alpha value is -1.88. The fourth-order valence-electron chi connectivity index (χ4n) is 1.53. The summed E-state index contributed by atoms with van der Waals surface area (Å²) in [4.78, 5) is 23.0. The number of benzene rings is 1. The molecule has 17 heavy (non-hydrogen) atoms. The summed E-state index contributed by atoms with van der Waals surface area (Å²) in [6.45, 7) is 2.12. The number of aliphatic carboxylic acids is 1. The van der Waals surface area contributed by atoms with Gasteiger partial charge in [-0.2, -0.15) is 0 Å². The summed E-state index contributed by atoms with van der Waals surface area (Å²) in [5.41, 5.74) is 7.16. The number of nitrogens with zero attached hydrogens (tertiary/aromatic N) is 1. The van der Waals surface area contributed by atoms with Gasteiger partial charge in [0, 0.05) is 6.54 Å². The number of primary amides is 1. The van der Waals surface area contributed by atoms with Crippen LogP contribution in [0.3, 0.4) is 0 Å². The van der Waals surface area contributed by atoms with E-state index in [1.165, 1.54) is 4.90 Å². The van der Waals surface area contributed by atoms with Gasteiger partial charge >= 0.3 is 5.97 Å². The molecule has 0 aliphatic rings. The molecule has 1 amide bonds. The Labute approximate surface area is 99.8 Å². The molecule has 0 saturated carbocycles. The van der Waals surface area contributed by atoms with Gasteiger partial charge in [-0.3, -0.25) is 14.5 Å². The number of carbonyl (C=O) groups excluding carboxylic acids is 1. The van der Waals surface area contributed by atoms with Crippen molar-refractivity contribution in [3.05, 3.63) is 35.4 Å². The Kier molecular flexibility index (Phi) is 4.66. The molecule has 5 nitrogen and oxygen atoms in total. The van der Waals surface area contributed by atoms with Crippen molar-refractivity contribution in [1.29, 1.82) is 0 Å². The van der Waals surface area contributed by atoms with Crippen molar-refractivity contribution in [1.82, 2.24) is 4.90 Å². The zero-order valence-corrected chi connectivity index (χ0v) is 9.72. The van der Waals surface area contributed by atoms with E-state index in [1.807, 2.05) is 31.2 Å². The van der Waals surface area contributed by atoms with Crippen LogP contribution < -0.4 is 5.73 Å². The van der Waals surface area contributed by atoms with Crippen LogP contribution in [0.1, 0.15) is 11.1 Å². The first-order chi connectivity index (χ1) is 7.97. The second-order valence-electron chi connectivity index (χ2n) is 3.99. The molecule has 0 fully saturated rings. The molecular weight excluding hydrogens is 220 g/mol. The van der Waals surface area contributed by atoms with Crippen molar-refractivity contribution in [2.75, 3.05) is 13.1 Å². The van der Waals surface area contributed by atoms with E-state index in [2.05, 4.69) is 0 Å². The number of amides is 1. The molecule has 0 aliphatic heterocycles. The highest BCUT2D eigenvalue weighted by atomic mass is 16.4. The summed E-state index contributed by atoms with van der Waals surface area (Å²) in [6, 6.07) is 7.70. The zero-order valence-electron chi connectivity index (χ0n) is 9.72. The molecular formula is C12H16N2O3. The maximum Gasteiger partial charge on any atom is 0.317 e. The van der Waals surface area contributed by atoms with Crippen LogP contribution in [0.2, 0.25) is 0 Å². The summed E-state index contributed by atoms with van der Waals surface area (Å²) in [5.74, 6) is -1.50. The normalized spacial score (nSPS) is 10.5. The molecule has 3 N–H and O–H groups in total. The average Bonchev–Trinajstić information content (AvgIpc) is 2.19. The van der Waals surface area contributed by atoms with Gasteiger partial charge in [0.2, 0.25) is 5.91 Å². The molecule has 0 saturated heterocycles. The molecule has 0 radical (unpaired) electrons. The highest BCUT2D eigenvalue weighted by Gasteiger charge is 2.12. The summed E-state index contributed by atoms with van der Waals surface area (Å²) in [6.07, 6.45) is 0. The molecule has 92 valence electrons. The lowest BCUT2D eigenvalue weighted by Crippen LogP contribution is -2.36. The number of hydrogen-bond acceptors (Lipinski definition) is 3. The topological polar surface area (TPSA) is 83.6 Å². The monoisotopic (exact) mass is 236 g/mol. The average molecular weight is 236 g/mol. The first-order valence-corrected chi connectivity index (χ1v) is 5.25. The summed E-state index contributed by atoms with van der Waals surface area (Å²) in [5, 5.41) is 8.73. The van der Waals surface area contributed by atoms with E-state index < -0.39 is 11.9 Å². The molecule has 0 spiro atoms. The van der Waals surface area contributed by atoms with Crippen molar-refractivity contribution in [3.63, 3.8) is 0 Å². The van der Waals surface area contributed by atoms with Gasteiger partial charge in [-0.25, -0.2) is 0 Å². The summed E-state index contributed by atoms with van der Waals surface area (Å²) < 4.78 is 0. The Morgan fingerprint density at radius 3 is 2.29 bits per heavy atom. The lowest BCUT2D eigenvalue weighted by atomic mass is 10.1. The van der Waals surface area contributed by atoms with E-state index in [1.54, 1.807) is 0 Å². The number of aryl methyl sites for hydroxylation is 1. The van der Waals surface area contributed by atoms with Crippen LogP contribution >= 0.6 is 0 Å². The van der Waals surface area contributed by atoms with Crippen LogP contribution in [-0.4, -0.2) is 35.0 Å². The number of carboxylic acid groups (broad SMARTS) is 1. The number of carbonyl (C=O) groups is 2. The minimum atomic E-state index is -0.974. The fraction of sp³-hybridized carbons (Fsp3) is 0.333. The molecule has 0 aliphatic carbocycles. The first-order valence-electron chi connectivity index (χ1n) is 5.25. The van der Waals surface area contributed by atoms with Crippen LogP contribution in [-0.2, 0) is 16.1 Å². The second kappa shape index (κ2) is 6.00. The third kappa shape index (κ3) is 5.12. The lowest BCUT2D eigenvalue weighted by Gasteiger charge is -2.18.